The standard InChI is InChI=1S/C22H27BO3/c1-21(2)22(3,4)26-23(25-21)19-13-9-8-11-16(19)18-14-20(24-5)17-12-7-6-10-15(17)18/h6-13,18,20H,14H2,1-5H3. The first-order valence-electron chi connectivity index (χ1n) is 9.40. The molecule has 2 aromatic carbocycles. The van der Waals surface area contributed by atoms with Crippen LogP contribution in [0, 0.1) is 0 Å². The summed E-state index contributed by atoms with van der Waals surface area (Å²) >= 11 is 0. The smallest absolute Gasteiger partial charge is 0.399 e. The van der Waals surface area contributed by atoms with Gasteiger partial charge >= 0.3 is 7.12 Å². The van der Waals surface area contributed by atoms with Gasteiger partial charge < -0.3 is 14.0 Å². The summed E-state index contributed by atoms with van der Waals surface area (Å²) in [5.74, 6) is 0.298. The molecule has 4 rings (SSSR count). The van der Waals surface area contributed by atoms with Crippen LogP contribution in [-0.4, -0.2) is 25.4 Å². The van der Waals surface area contributed by atoms with Crippen molar-refractivity contribution < 1.29 is 14.0 Å². The molecule has 2 unspecified atom stereocenters. The molecule has 1 aliphatic heterocycles. The third kappa shape index (κ3) is 2.72. The van der Waals surface area contributed by atoms with E-state index < -0.39 is 0 Å². The van der Waals surface area contributed by atoms with Crippen LogP contribution in [-0.2, 0) is 14.0 Å². The Labute approximate surface area is 156 Å². The summed E-state index contributed by atoms with van der Waals surface area (Å²) in [7, 11) is 1.45. The molecule has 0 bridgehead atoms. The Bertz CT molecular complexity index is 799. The van der Waals surface area contributed by atoms with Crippen molar-refractivity contribution in [1.29, 1.82) is 0 Å². The van der Waals surface area contributed by atoms with E-state index in [-0.39, 0.29) is 24.4 Å². The van der Waals surface area contributed by atoms with Crippen LogP contribution in [0.2, 0.25) is 0 Å². The number of hydrogen-bond acceptors (Lipinski definition) is 3. The van der Waals surface area contributed by atoms with E-state index in [0.29, 0.717) is 5.92 Å². The van der Waals surface area contributed by atoms with Crippen LogP contribution in [0.1, 0.15) is 62.8 Å². The molecule has 1 aliphatic carbocycles. The van der Waals surface area contributed by atoms with Gasteiger partial charge in [-0.3, -0.25) is 0 Å². The predicted molar refractivity (Wildman–Crippen MR) is 105 cm³/mol. The zero-order valence-corrected chi connectivity index (χ0v) is 16.3. The Morgan fingerprint density at radius 1 is 0.846 bits per heavy atom. The maximum atomic E-state index is 6.34. The summed E-state index contributed by atoms with van der Waals surface area (Å²) in [6, 6.07) is 17.1. The SMILES string of the molecule is COC1CC(c2ccccc2B2OC(C)(C)C(C)(C)O2)c2ccccc21. The van der Waals surface area contributed by atoms with Gasteiger partial charge in [-0.25, -0.2) is 0 Å². The molecule has 0 amide bonds. The van der Waals surface area contributed by atoms with Gasteiger partial charge in [0.25, 0.3) is 0 Å². The minimum Gasteiger partial charge on any atom is -0.399 e. The van der Waals surface area contributed by atoms with Gasteiger partial charge in [-0.05, 0) is 56.3 Å². The molecular formula is C22H27BO3. The van der Waals surface area contributed by atoms with Crippen LogP contribution >= 0.6 is 0 Å². The van der Waals surface area contributed by atoms with Crippen molar-refractivity contribution in [2.45, 2.75) is 57.3 Å². The molecular weight excluding hydrogens is 323 g/mol. The van der Waals surface area contributed by atoms with Gasteiger partial charge in [0, 0.05) is 13.0 Å². The Morgan fingerprint density at radius 3 is 2.00 bits per heavy atom. The van der Waals surface area contributed by atoms with Crippen molar-refractivity contribution in [1.82, 2.24) is 0 Å². The molecule has 0 radical (unpaired) electrons. The molecule has 1 saturated heterocycles. The van der Waals surface area contributed by atoms with Gasteiger partial charge in [0.15, 0.2) is 0 Å². The number of benzene rings is 2. The third-order valence-electron chi connectivity index (χ3n) is 6.33. The highest BCUT2D eigenvalue weighted by Gasteiger charge is 2.52. The lowest BCUT2D eigenvalue weighted by Gasteiger charge is -2.32. The predicted octanol–water partition coefficient (Wildman–Crippen LogP) is 4.21. The van der Waals surface area contributed by atoms with E-state index in [9.17, 15) is 0 Å². The first-order valence-corrected chi connectivity index (χ1v) is 9.40. The Kier molecular flexibility index (Phi) is 4.26. The van der Waals surface area contributed by atoms with Crippen molar-refractivity contribution in [3.8, 4) is 0 Å². The molecule has 0 N–H and O–H groups in total. The highest BCUT2D eigenvalue weighted by molar-refractivity contribution is 6.62. The second-order valence-corrected chi connectivity index (χ2v) is 8.36. The van der Waals surface area contributed by atoms with Gasteiger partial charge in [0.05, 0.1) is 17.3 Å². The largest absolute Gasteiger partial charge is 0.495 e. The van der Waals surface area contributed by atoms with Crippen LogP contribution in [0.25, 0.3) is 0 Å². The van der Waals surface area contributed by atoms with Crippen molar-refractivity contribution in [2.24, 2.45) is 0 Å². The average Bonchev–Trinajstić information content (AvgIpc) is 3.09. The minimum absolute atomic E-state index is 0.141. The molecule has 4 heteroatoms. The van der Waals surface area contributed by atoms with Crippen LogP contribution in [0.4, 0.5) is 0 Å². The molecule has 0 saturated carbocycles. The van der Waals surface area contributed by atoms with Crippen molar-refractivity contribution in [2.75, 3.05) is 7.11 Å². The fourth-order valence-corrected chi connectivity index (χ4v) is 4.12. The number of ether oxygens (including phenoxy) is 1. The van der Waals surface area contributed by atoms with Crippen LogP contribution in [0.5, 0.6) is 0 Å². The van der Waals surface area contributed by atoms with E-state index >= 15 is 0 Å². The normalized spacial score (nSPS) is 26.1. The summed E-state index contributed by atoms with van der Waals surface area (Å²) in [5, 5.41) is 0. The Hall–Kier alpha value is -1.62. The van der Waals surface area contributed by atoms with Gasteiger partial charge in [-0.2, -0.15) is 0 Å². The summed E-state index contributed by atoms with van der Waals surface area (Å²) in [6.45, 7) is 8.39. The van der Waals surface area contributed by atoms with Gasteiger partial charge in [-0.1, -0.05) is 48.5 Å². The Balaban J connectivity index is 1.75. The lowest BCUT2D eigenvalue weighted by Crippen LogP contribution is -2.41. The monoisotopic (exact) mass is 350 g/mol. The molecule has 0 aromatic heterocycles. The van der Waals surface area contributed by atoms with Crippen LogP contribution in [0.3, 0.4) is 0 Å². The van der Waals surface area contributed by atoms with Crippen LogP contribution in [0.15, 0.2) is 48.5 Å². The lowest BCUT2D eigenvalue weighted by atomic mass is 9.72. The molecule has 26 heavy (non-hydrogen) atoms. The molecule has 136 valence electrons. The summed E-state index contributed by atoms with van der Waals surface area (Å²) < 4.78 is 18.4. The molecule has 1 fully saturated rings. The van der Waals surface area contributed by atoms with Crippen molar-refractivity contribution >= 4 is 12.6 Å². The zero-order valence-electron chi connectivity index (χ0n) is 16.3. The van der Waals surface area contributed by atoms with Crippen molar-refractivity contribution in [3.05, 3.63) is 65.2 Å². The molecule has 2 aliphatic rings. The average molecular weight is 350 g/mol. The number of rotatable bonds is 3. The van der Waals surface area contributed by atoms with Gasteiger partial charge in [0.2, 0.25) is 0 Å². The van der Waals surface area contributed by atoms with E-state index in [4.69, 9.17) is 14.0 Å². The molecule has 3 nitrogen and oxygen atoms in total. The van der Waals surface area contributed by atoms with Crippen LogP contribution < -0.4 is 5.46 Å². The first-order chi connectivity index (χ1) is 12.3. The quantitative estimate of drug-likeness (QED) is 0.776. The fraction of sp³-hybridized carbons (Fsp3) is 0.455. The van der Waals surface area contributed by atoms with Gasteiger partial charge in [0.1, 0.15) is 0 Å². The maximum absolute atomic E-state index is 6.34. The second-order valence-electron chi connectivity index (χ2n) is 8.36. The van der Waals surface area contributed by atoms with E-state index in [2.05, 4.69) is 76.2 Å². The highest BCUT2D eigenvalue weighted by Crippen LogP contribution is 2.45. The zero-order chi connectivity index (χ0) is 18.5. The number of methoxy groups -OCH3 is 1. The topological polar surface area (TPSA) is 27.7 Å². The lowest BCUT2D eigenvalue weighted by molar-refractivity contribution is 0.00578. The Morgan fingerprint density at radius 2 is 1.38 bits per heavy atom. The highest BCUT2D eigenvalue weighted by atomic mass is 16.7. The number of hydrogen-bond donors (Lipinski definition) is 0. The van der Waals surface area contributed by atoms with E-state index in [1.807, 2.05) is 0 Å². The van der Waals surface area contributed by atoms with Gasteiger partial charge in [-0.15, -0.1) is 0 Å². The van der Waals surface area contributed by atoms with E-state index in [1.165, 1.54) is 16.7 Å². The minimum atomic E-state index is -0.343. The molecule has 0 spiro atoms. The number of fused-ring (bicyclic) bond motifs is 1. The van der Waals surface area contributed by atoms with Crippen molar-refractivity contribution in [3.63, 3.8) is 0 Å². The molecule has 2 aromatic rings. The maximum Gasteiger partial charge on any atom is 0.495 e. The first kappa shape index (κ1) is 17.8. The summed E-state index contributed by atoms with van der Waals surface area (Å²) in [5.41, 5.74) is 4.37. The summed E-state index contributed by atoms with van der Waals surface area (Å²) in [6.07, 6.45) is 1.09. The van der Waals surface area contributed by atoms with E-state index in [0.717, 1.165) is 11.9 Å². The molecule has 1 heterocycles. The fourth-order valence-electron chi connectivity index (χ4n) is 4.12. The second kappa shape index (κ2) is 6.23. The van der Waals surface area contributed by atoms with E-state index in [1.54, 1.807) is 7.11 Å². The molecule has 2 atom stereocenters. The summed E-state index contributed by atoms with van der Waals surface area (Å²) in [4.78, 5) is 0. The third-order valence-corrected chi connectivity index (χ3v) is 6.33.